The molecule has 0 saturated carbocycles. The molecular formula is C15H23NO6S. The lowest BCUT2D eigenvalue weighted by Gasteiger charge is -2.18. The number of carbonyl (C=O) groups is 1. The number of nitrogens with zero attached hydrogens (tertiary/aromatic N) is 1. The molecule has 0 unspecified atom stereocenters. The summed E-state index contributed by atoms with van der Waals surface area (Å²) in [6, 6.07) is 4.15. The predicted molar refractivity (Wildman–Crippen MR) is 85.3 cm³/mol. The van der Waals surface area contributed by atoms with Gasteiger partial charge in [0.15, 0.2) is 0 Å². The van der Waals surface area contributed by atoms with Gasteiger partial charge in [0.25, 0.3) is 0 Å². The van der Waals surface area contributed by atoms with Crippen LogP contribution in [0.4, 0.5) is 0 Å². The van der Waals surface area contributed by atoms with E-state index in [4.69, 9.17) is 14.2 Å². The zero-order chi connectivity index (χ0) is 17.5. The average Bonchev–Trinajstić information content (AvgIpc) is 2.53. The van der Waals surface area contributed by atoms with Crippen LogP contribution in [0.15, 0.2) is 23.1 Å². The number of carbonyl (C=O) groups excluding carboxylic acids is 1. The Morgan fingerprint density at radius 1 is 1.22 bits per heavy atom. The zero-order valence-corrected chi connectivity index (χ0v) is 14.7. The Bertz CT molecular complexity index is 629. The summed E-state index contributed by atoms with van der Waals surface area (Å²) in [5.74, 6) is -0.322. The SMILES string of the molecule is CCOC(=O)c1cc(S(=O)(=O)N(C)CCOC)ccc1OCC. The standard InChI is InChI=1S/C15H23NO6S/c1-5-21-14-8-7-12(11-13(14)15(17)22-6-2)23(18,19)16(3)9-10-20-4/h7-8,11H,5-6,9-10H2,1-4H3. The van der Waals surface area contributed by atoms with Gasteiger partial charge in [-0.15, -0.1) is 0 Å². The van der Waals surface area contributed by atoms with Gasteiger partial charge in [-0.3, -0.25) is 0 Å². The van der Waals surface area contributed by atoms with E-state index in [0.29, 0.717) is 12.4 Å². The molecule has 0 saturated heterocycles. The number of hydrogen-bond donors (Lipinski definition) is 0. The highest BCUT2D eigenvalue weighted by atomic mass is 32.2. The van der Waals surface area contributed by atoms with Crippen LogP contribution in [0.3, 0.4) is 0 Å². The summed E-state index contributed by atoms with van der Waals surface area (Å²) in [5.41, 5.74) is 0.0925. The van der Waals surface area contributed by atoms with Gasteiger partial charge in [-0.2, -0.15) is 4.31 Å². The topological polar surface area (TPSA) is 82.1 Å². The Morgan fingerprint density at radius 3 is 2.48 bits per heavy atom. The quantitative estimate of drug-likeness (QED) is 0.631. The van der Waals surface area contributed by atoms with Crippen LogP contribution >= 0.6 is 0 Å². The van der Waals surface area contributed by atoms with Crippen LogP contribution in [-0.4, -0.2) is 59.2 Å². The zero-order valence-electron chi connectivity index (χ0n) is 13.9. The number of likely N-dealkylation sites (N-methyl/N-ethyl adjacent to an activating group) is 1. The van der Waals surface area contributed by atoms with Gasteiger partial charge in [0.1, 0.15) is 11.3 Å². The molecule has 23 heavy (non-hydrogen) atoms. The fourth-order valence-corrected chi connectivity index (χ4v) is 3.02. The number of benzene rings is 1. The van der Waals surface area contributed by atoms with Crippen LogP contribution < -0.4 is 4.74 Å². The van der Waals surface area contributed by atoms with Crippen LogP contribution in [0.5, 0.6) is 5.75 Å². The molecule has 7 nitrogen and oxygen atoms in total. The summed E-state index contributed by atoms with van der Waals surface area (Å²) in [5, 5.41) is 0. The van der Waals surface area contributed by atoms with E-state index in [1.165, 1.54) is 36.7 Å². The third-order valence-corrected chi connectivity index (χ3v) is 4.92. The molecule has 0 atom stereocenters. The van der Waals surface area contributed by atoms with Gasteiger partial charge < -0.3 is 14.2 Å². The number of esters is 1. The van der Waals surface area contributed by atoms with Crippen LogP contribution in [0.1, 0.15) is 24.2 Å². The third-order valence-electron chi connectivity index (χ3n) is 3.06. The first kappa shape index (κ1) is 19.4. The maximum absolute atomic E-state index is 12.5. The van der Waals surface area contributed by atoms with Crippen molar-refractivity contribution in [2.45, 2.75) is 18.7 Å². The minimum atomic E-state index is -3.72. The molecule has 130 valence electrons. The third kappa shape index (κ3) is 4.92. The van der Waals surface area contributed by atoms with Crippen molar-refractivity contribution in [3.63, 3.8) is 0 Å². The maximum atomic E-state index is 12.5. The molecular weight excluding hydrogens is 322 g/mol. The Morgan fingerprint density at radius 2 is 1.91 bits per heavy atom. The predicted octanol–water partition coefficient (Wildman–Crippen LogP) is 1.53. The van der Waals surface area contributed by atoms with Crippen LogP contribution in [-0.2, 0) is 19.5 Å². The van der Waals surface area contributed by atoms with Gasteiger partial charge >= 0.3 is 5.97 Å². The van der Waals surface area contributed by atoms with Crippen LogP contribution in [0.2, 0.25) is 0 Å². The van der Waals surface area contributed by atoms with E-state index in [-0.39, 0.29) is 30.2 Å². The van der Waals surface area contributed by atoms with Crippen molar-refractivity contribution in [1.82, 2.24) is 4.31 Å². The van der Waals surface area contributed by atoms with Gasteiger partial charge in [-0.05, 0) is 32.0 Å². The smallest absolute Gasteiger partial charge is 0.341 e. The van der Waals surface area contributed by atoms with Gasteiger partial charge in [0.05, 0.1) is 24.7 Å². The largest absolute Gasteiger partial charge is 0.493 e. The molecule has 0 amide bonds. The molecule has 0 bridgehead atoms. The molecule has 1 aromatic rings. The molecule has 0 fully saturated rings. The first-order chi connectivity index (χ1) is 10.9. The molecule has 0 radical (unpaired) electrons. The van der Waals surface area contributed by atoms with Crippen molar-refractivity contribution in [1.29, 1.82) is 0 Å². The van der Waals surface area contributed by atoms with Gasteiger partial charge in [-0.25, -0.2) is 13.2 Å². The lowest BCUT2D eigenvalue weighted by atomic mass is 10.2. The lowest BCUT2D eigenvalue weighted by molar-refractivity contribution is 0.0521. The highest BCUT2D eigenvalue weighted by Crippen LogP contribution is 2.25. The highest BCUT2D eigenvalue weighted by Gasteiger charge is 2.24. The fourth-order valence-electron chi connectivity index (χ4n) is 1.84. The average molecular weight is 345 g/mol. The van der Waals surface area contributed by atoms with E-state index in [0.717, 1.165) is 0 Å². The fraction of sp³-hybridized carbons (Fsp3) is 0.533. The first-order valence-corrected chi connectivity index (χ1v) is 8.71. The van der Waals surface area contributed by atoms with Gasteiger partial charge in [0, 0.05) is 20.7 Å². The van der Waals surface area contributed by atoms with Crippen LogP contribution in [0.25, 0.3) is 0 Å². The van der Waals surface area contributed by atoms with Crippen molar-refractivity contribution in [2.75, 3.05) is 40.5 Å². The number of sulfonamides is 1. The van der Waals surface area contributed by atoms with Crippen LogP contribution in [0, 0.1) is 0 Å². The van der Waals surface area contributed by atoms with E-state index < -0.39 is 16.0 Å². The number of ether oxygens (including phenoxy) is 3. The lowest BCUT2D eigenvalue weighted by Crippen LogP contribution is -2.30. The Labute approximate surface area is 137 Å². The summed E-state index contributed by atoms with van der Waals surface area (Å²) in [7, 11) is -0.774. The normalized spacial score (nSPS) is 11.5. The number of rotatable bonds is 9. The minimum absolute atomic E-state index is 0.00242. The number of hydrogen-bond acceptors (Lipinski definition) is 6. The summed E-state index contributed by atoms with van der Waals surface area (Å²) in [6.07, 6.45) is 0. The minimum Gasteiger partial charge on any atom is -0.493 e. The van der Waals surface area contributed by atoms with Crippen molar-refractivity contribution in [3.8, 4) is 5.75 Å². The van der Waals surface area contributed by atoms with Gasteiger partial charge in [0.2, 0.25) is 10.0 Å². The summed E-state index contributed by atoms with van der Waals surface area (Å²) in [6.45, 7) is 4.48. The van der Waals surface area contributed by atoms with Gasteiger partial charge in [-0.1, -0.05) is 0 Å². The van der Waals surface area contributed by atoms with Crippen molar-refractivity contribution < 1.29 is 27.4 Å². The maximum Gasteiger partial charge on any atom is 0.341 e. The Hall–Kier alpha value is -1.64. The van der Waals surface area contributed by atoms with Crippen molar-refractivity contribution in [2.24, 2.45) is 0 Å². The van der Waals surface area contributed by atoms with E-state index in [1.54, 1.807) is 13.8 Å². The Balaban J connectivity index is 3.22. The second-order valence-electron chi connectivity index (χ2n) is 4.63. The summed E-state index contributed by atoms with van der Waals surface area (Å²) < 4.78 is 41.4. The monoisotopic (exact) mass is 345 g/mol. The summed E-state index contributed by atoms with van der Waals surface area (Å²) >= 11 is 0. The van der Waals surface area contributed by atoms with Crippen molar-refractivity contribution in [3.05, 3.63) is 23.8 Å². The number of methoxy groups -OCH3 is 1. The molecule has 0 aliphatic rings. The molecule has 0 N–H and O–H groups in total. The second kappa shape index (κ2) is 8.85. The highest BCUT2D eigenvalue weighted by molar-refractivity contribution is 7.89. The Kier molecular flexibility index (Phi) is 7.47. The van der Waals surface area contributed by atoms with Crippen molar-refractivity contribution >= 4 is 16.0 Å². The second-order valence-corrected chi connectivity index (χ2v) is 6.68. The molecule has 8 heteroatoms. The molecule has 1 aromatic carbocycles. The van der Waals surface area contributed by atoms with E-state index in [1.807, 2.05) is 0 Å². The molecule has 0 heterocycles. The molecule has 0 spiro atoms. The first-order valence-electron chi connectivity index (χ1n) is 7.27. The molecule has 0 aliphatic heterocycles. The molecule has 0 aromatic heterocycles. The van der Waals surface area contributed by atoms with E-state index in [2.05, 4.69) is 0 Å². The van der Waals surface area contributed by atoms with E-state index in [9.17, 15) is 13.2 Å². The molecule has 1 rings (SSSR count). The van der Waals surface area contributed by atoms with E-state index >= 15 is 0 Å². The molecule has 0 aliphatic carbocycles. The summed E-state index contributed by atoms with van der Waals surface area (Å²) in [4.78, 5) is 12.0.